The Morgan fingerprint density at radius 2 is 1.90 bits per heavy atom. The van der Waals surface area contributed by atoms with E-state index in [0.29, 0.717) is 58.4 Å². The van der Waals surface area contributed by atoms with Gasteiger partial charge < -0.3 is 9.47 Å². The SMILES string of the molecule is COc1ccc(OC)c(-n2c(CBr)nc3c(sc(=S)n3-c3cccc(Cl)c3Cl)c2=O)c1. The number of nitrogens with zero attached hydrogens (tertiary/aromatic N) is 3. The Balaban J connectivity index is 2.09. The zero-order valence-corrected chi connectivity index (χ0v) is 20.9. The molecule has 0 radical (unpaired) electrons. The van der Waals surface area contributed by atoms with Crippen molar-refractivity contribution in [1.82, 2.24) is 14.1 Å². The van der Waals surface area contributed by atoms with Crippen molar-refractivity contribution in [3.05, 3.63) is 66.6 Å². The van der Waals surface area contributed by atoms with Crippen LogP contribution in [0.2, 0.25) is 10.0 Å². The van der Waals surface area contributed by atoms with Crippen molar-refractivity contribution in [2.75, 3.05) is 14.2 Å². The van der Waals surface area contributed by atoms with Crippen molar-refractivity contribution in [3.63, 3.8) is 0 Å². The van der Waals surface area contributed by atoms with E-state index in [0.717, 1.165) is 11.3 Å². The Labute approximate surface area is 204 Å². The highest BCUT2D eigenvalue weighted by molar-refractivity contribution is 9.08. The molecule has 0 saturated heterocycles. The lowest BCUT2D eigenvalue weighted by atomic mass is 10.2. The van der Waals surface area contributed by atoms with Gasteiger partial charge in [-0.1, -0.05) is 56.5 Å². The van der Waals surface area contributed by atoms with Crippen LogP contribution in [0.25, 0.3) is 21.7 Å². The molecule has 2 aromatic heterocycles. The molecule has 0 unspecified atom stereocenters. The predicted molar refractivity (Wildman–Crippen MR) is 131 cm³/mol. The van der Waals surface area contributed by atoms with Crippen molar-refractivity contribution in [3.8, 4) is 22.9 Å². The fraction of sp³-hybridized carbons (Fsp3) is 0.150. The van der Waals surface area contributed by atoms with Crippen molar-refractivity contribution in [2.45, 2.75) is 5.33 Å². The number of methoxy groups -OCH3 is 2. The Kier molecular flexibility index (Phi) is 6.41. The summed E-state index contributed by atoms with van der Waals surface area (Å²) >= 11 is 22.8. The Hall–Kier alpha value is -1.91. The molecule has 2 heterocycles. The molecular formula is C20H14BrCl2N3O3S2. The van der Waals surface area contributed by atoms with Gasteiger partial charge in [0, 0.05) is 6.07 Å². The van der Waals surface area contributed by atoms with E-state index in [9.17, 15) is 4.79 Å². The van der Waals surface area contributed by atoms with Crippen molar-refractivity contribution >= 4 is 73.0 Å². The van der Waals surface area contributed by atoms with Gasteiger partial charge >= 0.3 is 0 Å². The Bertz CT molecular complexity index is 1430. The normalized spacial score (nSPS) is 11.1. The summed E-state index contributed by atoms with van der Waals surface area (Å²) < 4.78 is 14.8. The number of ether oxygens (including phenoxy) is 2. The van der Waals surface area contributed by atoms with Crippen LogP contribution in [0.1, 0.15) is 5.82 Å². The third kappa shape index (κ3) is 3.78. The second-order valence-corrected chi connectivity index (χ2v) is 9.26. The number of alkyl halides is 1. The van der Waals surface area contributed by atoms with Gasteiger partial charge in [0.25, 0.3) is 5.56 Å². The van der Waals surface area contributed by atoms with Crippen LogP contribution < -0.4 is 15.0 Å². The van der Waals surface area contributed by atoms with Crippen LogP contribution >= 0.6 is 62.7 Å². The molecule has 4 aromatic rings. The van der Waals surface area contributed by atoms with Crippen LogP contribution in [0.3, 0.4) is 0 Å². The van der Waals surface area contributed by atoms with Crippen LogP contribution in [0.5, 0.6) is 11.5 Å². The first-order valence-electron chi connectivity index (χ1n) is 8.81. The van der Waals surface area contributed by atoms with Crippen molar-refractivity contribution < 1.29 is 9.47 Å². The number of hydrogen-bond acceptors (Lipinski definition) is 6. The van der Waals surface area contributed by atoms with E-state index in [4.69, 9.17) is 49.9 Å². The lowest BCUT2D eigenvalue weighted by molar-refractivity contribution is 0.401. The van der Waals surface area contributed by atoms with E-state index in [2.05, 4.69) is 15.9 Å². The molecule has 0 spiro atoms. The van der Waals surface area contributed by atoms with Gasteiger partial charge in [0.2, 0.25) is 0 Å². The lowest BCUT2D eigenvalue weighted by Gasteiger charge is -2.16. The molecule has 0 aliphatic heterocycles. The smallest absolute Gasteiger partial charge is 0.277 e. The van der Waals surface area contributed by atoms with E-state index < -0.39 is 0 Å². The average molecular weight is 559 g/mol. The lowest BCUT2D eigenvalue weighted by Crippen LogP contribution is -2.23. The number of rotatable bonds is 5. The summed E-state index contributed by atoms with van der Waals surface area (Å²) in [6, 6.07) is 10.5. The average Bonchev–Trinajstić information content (AvgIpc) is 3.11. The maximum atomic E-state index is 13.6. The van der Waals surface area contributed by atoms with Crippen LogP contribution in [-0.2, 0) is 5.33 Å². The molecule has 11 heteroatoms. The highest BCUT2D eigenvalue weighted by Crippen LogP contribution is 2.34. The monoisotopic (exact) mass is 557 g/mol. The summed E-state index contributed by atoms with van der Waals surface area (Å²) in [5.74, 6) is 1.55. The first kappa shape index (κ1) is 22.3. The second kappa shape index (κ2) is 8.91. The Morgan fingerprint density at radius 1 is 1.13 bits per heavy atom. The van der Waals surface area contributed by atoms with Crippen LogP contribution in [0.4, 0.5) is 0 Å². The number of aromatic nitrogens is 3. The van der Waals surface area contributed by atoms with Crippen molar-refractivity contribution in [2.24, 2.45) is 0 Å². The van der Waals surface area contributed by atoms with E-state index in [1.165, 1.54) is 11.7 Å². The summed E-state index contributed by atoms with van der Waals surface area (Å²) in [4.78, 5) is 18.4. The van der Waals surface area contributed by atoms with Gasteiger partial charge in [0.15, 0.2) is 9.60 Å². The minimum absolute atomic E-state index is 0.279. The minimum atomic E-state index is -0.279. The van der Waals surface area contributed by atoms with Crippen LogP contribution in [0.15, 0.2) is 41.2 Å². The maximum absolute atomic E-state index is 13.6. The van der Waals surface area contributed by atoms with Gasteiger partial charge in [-0.3, -0.25) is 13.9 Å². The fourth-order valence-corrected chi connectivity index (χ4v) is 5.23. The molecule has 31 heavy (non-hydrogen) atoms. The molecule has 0 N–H and O–H groups in total. The molecule has 0 bridgehead atoms. The molecule has 160 valence electrons. The van der Waals surface area contributed by atoms with E-state index >= 15 is 0 Å². The van der Waals surface area contributed by atoms with Gasteiger partial charge in [0.1, 0.15) is 22.0 Å². The highest BCUT2D eigenvalue weighted by Gasteiger charge is 2.21. The van der Waals surface area contributed by atoms with Gasteiger partial charge in [-0.15, -0.1) is 0 Å². The first-order valence-corrected chi connectivity index (χ1v) is 11.9. The van der Waals surface area contributed by atoms with Gasteiger partial charge in [-0.2, -0.15) is 0 Å². The second-order valence-electron chi connectivity index (χ2n) is 6.27. The third-order valence-electron chi connectivity index (χ3n) is 4.60. The molecule has 0 fully saturated rings. The van der Waals surface area contributed by atoms with E-state index in [-0.39, 0.29) is 5.56 Å². The molecule has 0 atom stereocenters. The molecule has 0 aliphatic rings. The van der Waals surface area contributed by atoms with E-state index in [1.807, 2.05) is 0 Å². The molecular weight excluding hydrogens is 545 g/mol. The summed E-state index contributed by atoms with van der Waals surface area (Å²) in [5, 5.41) is 1.03. The maximum Gasteiger partial charge on any atom is 0.277 e. The Morgan fingerprint density at radius 3 is 2.58 bits per heavy atom. The molecule has 2 aromatic carbocycles. The zero-order valence-electron chi connectivity index (χ0n) is 16.2. The van der Waals surface area contributed by atoms with Gasteiger partial charge in [0.05, 0.1) is 41.0 Å². The molecule has 4 rings (SSSR count). The van der Waals surface area contributed by atoms with Crippen LogP contribution in [-0.4, -0.2) is 28.3 Å². The van der Waals surface area contributed by atoms with E-state index in [1.54, 1.807) is 48.1 Å². The third-order valence-corrected chi connectivity index (χ3v) is 7.26. The zero-order chi connectivity index (χ0) is 22.3. The number of fused-ring (bicyclic) bond motifs is 1. The van der Waals surface area contributed by atoms with Gasteiger partial charge in [-0.05, 0) is 36.5 Å². The first-order chi connectivity index (χ1) is 14.9. The largest absolute Gasteiger partial charge is 0.497 e. The summed E-state index contributed by atoms with van der Waals surface area (Å²) in [6.07, 6.45) is 0. The minimum Gasteiger partial charge on any atom is -0.497 e. The number of thiazole rings is 1. The van der Waals surface area contributed by atoms with Crippen LogP contribution in [0, 0.1) is 3.95 Å². The predicted octanol–water partition coefficient (Wildman–Crippen LogP) is 6.19. The topological polar surface area (TPSA) is 58.3 Å². The highest BCUT2D eigenvalue weighted by atomic mass is 79.9. The summed E-state index contributed by atoms with van der Waals surface area (Å²) in [5.41, 5.74) is 1.22. The summed E-state index contributed by atoms with van der Waals surface area (Å²) in [6.45, 7) is 0. The molecule has 0 saturated carbocycles. The van der Waals surface area contributed by atoms with Gasteiger partial charge in [-0.25, -0.2) is 4.98 Å². The number of hydrogen-bond donors (Lipinski definition) is 0. The van der Waals surface area contributed by atoms with Crippen molar-refractivity contribution in [1.29, 1.82) is 0 Å². The molecule has 0 aliphatic carbocycles. The number of halogens is 3. The summed E-state index contributed by atoms with van der Waals surface area (Å²) in [7, 11) is 3.10. The number of benzene rings is 2. The fourth-order valence-electron chi connectivity index (χ4n) is 3.18. The standard InChI is InChI=1S/C20H14BrCl2N3O3S2/c1-28-10-6-7-14(29-2)13(8-10)25-15(9-21)24-18-17(19(25)27)31-20(30)26(18)12-5-3-4-11(22)16(12)23/h3-8H,9H2,1-2H3. The molecule has 0 amide bonds. The quantitative estimate of drug-likeness (QED) is 0.216. The molecule has 6 nitrogen and oxygen atoms in total.